The maximum Gasteiger partial charge on any atom is 0.354 e. The monoisotopic (exact) mass is 355 g/mol. The SMILES string of the molecule is CC(=O)Nc1ccc(OC(=O)c2sc3nc(C)nc(C)c3c2C)cc1. The Labute approximate surface area is 148 Å². The van der Waals surface area contributed by atoms with Gasteiger partial charge in [0.2, 0.25) is 5.91 Å². The number of hydrogen-bond acceptors (Lipinski definition) is 6. The highest BCUT2D eigenvalue weighted by Gasteiger charge is 2.20. The molecule has 0 unspecified atom stereocenters. The van der Waals surface area contributed by atoms with Crippen molar-refractivity contribution in [3.63, 3.8) is 0 Å². The van der Waals surface area contributed by atoms with Crippen LogP contribution in [0, 0.1) is 20.8 Å². The fraction of sp³-hybridized carbons (Fsp3) is 0.222. The zero-order valence-electron chi connectivity index (χ0n) is 14.3. The molecule has 3 rings (SSSR count). The standard InChI is InChI=1S/C18H17N3O3S/c1-9-15-10(2)19-11(3)20-17(15)25-16(9)18(23)24-14-7-5-13(6-8-14)21-12(4)22/h5-8H,1-4H3,(H,21,22). The Morgan fingerprint density at radius 1 is 1.08 bits per heavy atom. The van der Waals surface area contributed by atoms with Crippen molar-refractivity contribution in [3.8, 4) is 5.75 Å². The first-order valence-corrected chi connectivity index (χ1v) is 8.51. The van der Waals surface area contributed by atoms with Gasteiger partial charge < -0.3 is 10.1 Å². The van der Waals surface area contributed by atoms with E-state index in [1.54, 1.807) is 24.3 Å². The lowest BCUT2D eigenvalue weighted by Crippen LogP contribution is -2.08. The third-order valence-electron chi connectivity index (χ3n) is 3.65. The number of ether oxygens (including phenoxy) is 1. The van der Waals surface area contributed by atoms with Gasteiger partial charge in [0.1, 0.15) is 21.3 Å². The lowest BCUT2D eigenvalue weighted by molar-refractivity contribution is -0.114. The van der Waals surface area contributed by atoms with Crippen molar-refractivity contribution in [1.29, 1.82) is 0 Å². The third-order valence-corrected chi connectivity index (χ3v) is 4.82. The smallest absolute Gasteiger partial charge is 0.354 e. The summed E-state index contributed by atoms with van der Waals surface area (Å²) in [5.41, 5.74) is 2.33. The van der Waals surface area contributed by atoms with Crippen LogP contribution in [0.4, 0.5) is 5.69 Å². The first-order chi connectivity index (χ1) is 11.8. The molecule has 2 heterocycles. The minimum Gasteiger partial charge on any atom is -0.422 e. The zero-order chi connectivity index (χ0) is 18.1. The third kappa shape index (κ3) is 3.51. The van der Waals surface area contributed by atoms with E-state index in [0.717, 1.165) is 21.5 Å². The number of hydrogen-bond donors (Lipinski definition) is 1. The molecule has 1 aromatic carbocycles. The molecule has 128 valence electrons. The number of carbonyl (C=O) groups is 2. The summed E-state index contributed by atoms with van der Waals surface area (Å²) in [6.07, 6.45) is 0. The van der Waals surface area contributed by atoms with Gasteiger partial charge in [0.05, 0.1) is 0 Å². The largest absolute Gasteiger partial charge is 0.422 e. The van der Waals surface area contributed by atoms with Gasteiger partial charge in [0, 0.05) is 23.7 Å². The van der Waals surface area contributed by atoms with E-state index in [-0.39, 0.29) is 5.91 Å². The highest BCUT2D eigenvalue weighted by Crippen LogP contribution is 2.32. The number of thiophene rings is 1. The maximum absolute atomic E-state index is 12.5. The normalized spacial score (nSPS) is 10.7. The molecule has 0 bridgehead atoms. The van der Waals surface area contributed by atoms with Crippen molar-refractivity contribution in [2.75, 3.05) is 5.32 Å². The second-order valence-corrected chi connectivity index (χ2v) is 6.69. The molecule has 0 saturated carbocycles. The van der Waals surface area contributed by atoms with E-state index in [2.05, 4.69) is 15.3 Å². The molecule has 1 N–H and O–H groups in total. The average molecular weight is 355 g/mol. The molecule has 7 heteroatoms. The quantitative estimate of drug-likeness (QED) is 0.571. The number of anilines is 1. The molecular formula is C18H17N3O3S. The van der Waals surface area contributed by atoms with Gasteiger partial charge in [-0.2, -0.15) is 0 Å². The molecule has 6 nitrogen and oxygen atoms in total. The molecule has 0 fully saturated rings. The summed E-state index contributed by atoms with van der Waals surface area (Å²) >= 11 is 1.31. The molecule has 0 aliphatic rings. The zero-order valence-corrected chi connectivity index (χ0v) is 15.2. The Hall–Kier alpha value is -2.80. The molecule has 0 saturated heterocycles. The van der Waals surface area contributed by atoms with Crippen LogP contribution in [0.1, 0.15) is 33.7 Å². The summed E-state index contributed by atoms with van der Waals surface area (Å²) < 4.78 is 5.45. The minimum absolute atomic E-state index is 0.155. The van der Waals surface area contributed by atoms with Gasteiger partial charge in [0.15, 0.2) is 0 Å². The van der Waals surface area contributed by atoms with Crippen LogP contribution >= 0.6 is 11.3 Å². The molecular weight excluding hydrogens is 338 g/mol. The van der Waals surface area contributed by atoms with Crippen molar-refractivity contribution in [1.82, 2.24) is 9.97 Å². The van der Waals surface area contributed by atoms with E-state index in [0.29, 0.717) is 22.1 Å². The number of esters is 1. The van der Waals surface area contributed by atoms with Crippen molar-refractivity contribution in [2.24, 2.45) is 0 Å². The number of nitrogens with one attached hydrogen (secondary N) is 1. The number of benzene rings is 1. The molecule has 2 aromatic heterocycles. The predicted molar refractivity (Wildman–Crippen MR) is 97.3 cm³/mol. The van der Waals surface area contributed by atoms with Gasteiger partial charge >= 0.3 is 5.97 Å². The Kier molecular flexibility index (Phi) is 4.50. The van der Waals surface area contributed by atoms with Gasteiger partial charge in [-0.15, -0.1) is 11.3 Å². The Bertz CT molecular complexity index is 977. The molecule has 25 heavy (non-hydrogen) atoms. The lowest BCUT2D eigenvalue weighted by atomic mass is 10.1. The number of nitrogens with zero attached hydrogens (tertiary/aromatic N) is 2. The number of fused-ring (bicyclic) bond motifs is 1. The first-order valence-electron chi connectivity index (χ1n) is 7.69. The van der Waals surface area contributed by atoms with Crippen LogP contribution in [0.5, 0.6) is 5.75 Å². The number of amides is 1. The fourth-order valence-electron chi connectivity index (χ4n) is 2.63. The van der Waals surface area contributed by atoms with Crippen LogP contribution in [0.25, 0.3) is 10.2 Å². The minimum atomic E-state index is -0.426. The molecule has 0 atom stereocenters. The van der Waals surface area contributed by atoms with E-state index in [9.17, 15) is 9.59 Å². The van der Waals surface area contributed by atoms with Crippen LogP contribution in [-0.2, 0) is 4.79 Å². The second kappa shape index (κ2) is 6.60. The van der Waals surface area contributed by atoms with Crippen LogP contribution in [0.2, 0.25) is 0 Å². The summed E-state index contributed by atoms with van der Waals surface area (Å²) in [5, 5.41) is 3.57. The molecule has 0 radical (unpaired) electrons. The Morgan fingerprint density at radius 2 is 1.76 bits per heavy atom. The highest BCUT2D eigenvalue weighted by molar-refractivity contribution is 7.20. The van der Waals surface area contributed by atoms with Crippen LogP contribution in [-0.4, -0.2) is 21.8 Å². The molecule has 0 aliphatic heterocycles. The van der Waals surface area contributed by atoms with E-state index in [4.69, 9.17) is 4.74 Å². The summed E-state index contributed by atoms with van der Waals surface area (Å²) in [5.74, 6) is 0.511. The fourth-order valence-corrected chi connectivity index (χ4v) is 3.79. The van der Waals surface area contributed by atoms with Gasteiger partial charge in [0.25, 0.3) is 0 Å². The Balaban J connectivity index is 1.86. The van der Waals surface area contributed by atoms with Crippen LogP contribution in [0.3, 0.4) is 0 Å². The van der Waals surface area contributed by atoms with Gasteiger partial charge in [-0.3, -0.25) is 4.79 Å². The maximum atomic E-state index is 12.5. The van der Waals surface area contributed by atoms with Gasteiger partial charge in [-0.1, -0.05) is 0 Å². The number of aromatic nitrogens is 2. The number of rotatable bonds is 3. The topological polar surface area (TPSA) is 81.2 Å². The summed E-state index contributed by atoms with van der Waals surface area (Å²) in [7, 11) is 0. The summed E-state index contributed by atoms with van der Waals surface area (Å²) in [6.45, 7) is 7.05. The number of aryl methyl sites for hydroxylation is 3. The molecule has 0 aliphatic carbocycles. The summed E-state index contributed by atoms with van der Waals surface area (Å²) in [6, 6.07) is 6.64. The predicted octanol–water partition coefficient (Wildman–Crippen LogP) is 3.79. The van der Waals surface area contributed by atoms with Crippen molar-refractivity contribution < 1.29 is 14.3 Å². The van der Waals surface area contributed by atoms with Crippen molar-refractivity contribution in [3.05, 3.63) is 46.2 Å². The highest BCUT2D eigenvalue weighted by atomic mass is 32.1. The van der Waals surface area contributed by atoms with E-state index in [1.165, 1.54) is 18.3 Å². The van der Waals surface area contributed by atoms with Crippen LogP contribution < -0.4 is 10.1 Å². The van der Waals surface area contributed by atoms with Gasteiger partial charge in [-0.25, -0.2) is 14.8 Å². The summed E-state index contributed by atoms with van der Waals surface area (Å²) in [4.78, 5) is 33.6. The van der Waals surface area contributed by atoms with E-state index >= 15 is 0 Å². The van der Waals surface area contributed by atoms with Crippen molar-refractivity contribution in [2.45, 2.75) is 27.7 Å². The average Bonchev–Trinajstić information content (AvgIpc) is 2.85. The van der Waals surface area contributed by atoms with Gasteiger partial charge in [-0.05, 0) is 50.6 Å². The lowest BCUT2D eigenvalue weighted by Gasteiger charge is -2.06. The van der Waals surface area contributed by atoms with Crippen LogP contribution in [0.15, 0.2) is 24.3 Å². The van der Waals surface area contributed by atoms with Crippen molar-refractivity contribution >= 4 is 39.1 Å². The first kappa shape index (κ1) is 17.0. The Morgan fingerprint density at radius 3 is 2.40 bits per heavy atom. The molecule has 0 spiro atoms. The van der Waals surface area contributed by atoms with E-state index < -0.39 is 5.97 Å². The number of carbonyl (C=O) groups excluding carboxylic acids is 2. The molecule has 3 aromatic rings. The van der Waals surface area contributed by atoms with E-state index in [1.807, 2.05) is 20.8 Å². The second-order valence-electron chi connectivity index (χ2n) is 5.69. The molecule has 1 amide bonds.